The Labute approximate surface area is 119 Å². The minimum Gasteiger partial charge on any atom is -0.397 e. The van der Waals surface area contributed by atoms with Crippen molar-refractivity contribution in [3.8, 4) is 0 Å². The fourth-order valence-corrected chi connectivity index (χ4v) is 2.54. The zero-order chi connectivity index (χ0) is 14.5. The molecule has 0 aromatic heterocycles. The second-order valence-electron chi connectivity index (χ2n) is 5.23. The van der Waals surface area contributed by atoms with Crippen LogP contribution in [-0.4, -0.2) is 25.7 Å². The highest BCUT2D eigenvalue weighted by Gasteiger charge is 2.17. The smallest absolute Gasteiger partial charge is 0.224 e. The maximum Gasteiger partial charge on any atom is 0.224 e. The topological polar surface area (TPSA) is 76.4 Å². The third-order valence-electron chi connectivity index (χ3n) is 3.54. The number of hydrogen-bond acceptors (Lipinski definition) is 4. The van der Waals surface area contributed by atoms with E-state index >= 15 is 0 Å². The van der Waals surface area contributed by atoms with Crippen LogP contribution in [0.5, 0.6) is 0 Å². The first-order valence-electron chi connectivity index (χ1n) is 7.11. The number of aryl methyl sites for hydroxylation is 1. The summed E-state index contributed by atoms with van der Waals surface area (Å²) in [5, 5.41) is 6.31. The lowest BCUT2D eigenvalue weighted by molar-refractivity contribution is -0.116. The first-order valence-corrected chi connectivity index (χ1v) is 7.11. The standard InChI is InChI=1S/C15H23N3O2/c1-3-4-11(9-20-2)17-14-7-10-5-6-15(19)18-13(10)8-12(14)16/h7-8,11,17H,3-6,9,16H2,1-2H3,(H,18,19). The van der Waals surface area contributed by atoms with E-state index < -0.39 is 0 Å². The summed E-state index contributed by atoms with van der Waals surface area (Å²) in [6.45, 7) is 2.80. The van der Waals surface area contributed by atoms with Gasteiger partial charge in [-0.05, 0) is 30.5 Å². The molecule has 1 amide bonds. The molecule has 0 radical (unpaired) electrons. The molecule has 110 valence electrons. The molecule has 1 aromatic carbocycles. The fraction of sp³-hybridized carbons (Fsp3) is 0.533. The SMILES string of the molecule is CCCC(COC)Nc1cc2c(cc1N)NC(=O)CC2. The third kappa shape index (κ3) is 3.42. The Kier molecular flexibility index (Phi) is 4.84. The van der Waals surface area contributed by atoms with Crippen molar-refractivity contribution in [1.29, 1.82) is 0 Å². The average molecular weight is 277 g/mol. The van der Waals surface area contributed by atoms with E-state index in [1.807, 2.05) is 12.1 Å². The molecule has 0 aliphatic carbocycles. The number of rotatable bonds is 6. The van der Waals surface area contributed by atoms with Crippen LogP contribution >= 0.6 is 0 Å². The van der Waals surface area contributed by atoms with Gasteiger partial charge in [-0.2, -0.15) is 0 Å². The molecular formula is C15H23N3O2. The third-order valence-corrected chi connectivity index (χ3v) is 3.54. The number of carbonyl (C=O) groups is 1. The van der Waals surface area contributed by atoms with Crippen LogP contribution in [0.25, 0.3) is 0 Å². The van der Waals surface area contributed by atoms with Gasteiger partial charge in [0, 0.05) is 25.3 Å². The van der Waals surface area contributed by atoms with Crippen molar-refractivity contribution in [2.45, 2.75) is 38.6 Å². The van der Waals surface area contributed by atoms with Crippen molar-refractivity contribution in [2.24, 2.45) is 0 Å². The molecule has 1 heterocycles. The number of benzene rings is 1. The van der Waals surface area contributed by atoms with E-state index in [1.54, 1.807) is 7.11 Å². The van der Waals surface area contributed by atoms with Crippen LogP contribution in [0.3, 0.4) is 0 Å². The predicted octanol–water partition coefficient (Wildman–Crippen LogP) is 2.38. The van der Waals surface area contributed by atoms with Gasteiger partial charge in [-0.25, -0.2) is 0 Å². The van der Waals surface area contributed by atoms with Crippen molar-refractivity contribution in [2.75, 3.05) is 30.1 Å². The normalized spacial score (nSPS) is 15.4. The largest absolute Gasteiger partial charge is 0.397 e. The second-order valence-corrected chi connectivity index (χ2v) is 5.23. The number of nitrogen functional groups attached to an aromatic ring is 1. The Balaban J connectivity index is 2.17. The number of nitrogens with two attached hydrogens (primary N) is 1. The van der Waals surface area contributed by atoms with E-state index in [1.165, 1.54) is 0 Å². The molecule has 1 aromatic rings. The molecule has 0 saturated heterocycles. The quantitative estimate of drug-likeness (QED) is 0.698. The number of methoxy groups -OCH3 is 1. The average Bonchev–Trinajstić information content (AvgIpc) is 2.40. The van der Waals surface area contributed by atoms with Crippen LogP contribution in [0.1, 0.15) is 31.7 Å². The number of nitrogens with one attached hydrogen (secondary N) is 2. The molecule has 1 atom stereocenters. The maximum absolute atomic E-state index is 11.4. The van der Waals surface area contributed by atoms with Crippen molar-refractivity contribution in [3.63, 3.8) is 0 Å². The molecule has 1 aliphatic rings. The van der Waals surface area contributed by atoms with Crippen LogP contribution < -0.4 is 16.4 Å². The summed E-state index contributed by atoms with van der Waals surface area (Å²) >= 11 is 0. The maximum atomic E-state index is 11.4. The highest BCUT2D eigenvalue weighted by Crippen LogP contribution is 2.31. The van der Waals surface area contributed by atoms with Crippen LogP contribution in [0.15, 0.2) is 12.1 Å². The molecule has 20 heavy (non-hydrogen) atoms. The Morgan fingerprint density at radius 2 is 2.25 bits per heavy atom. The number of ether oxygens (including phenoxy) is 1. The molecule has 1 unspecified atom stereocenters. The van der Waals surface area contributed by atoms with E-state index in [2.05, 4.69) is 17.6 Å². The summed E-state index contributed by atoms with van der Waals surface area (Å²) in [6.07, 6.45) is 3.41. The highest BCUT2D eigenvalue weighted by atomic mass is 16.5. The number of fused-ring (bicyclic) bond motifs is 1. The van der Waals surface area contributed by atoms with Crippen LogP contribution in [0.2, 0.25) is 0 Å². The first-order chi connectivity index (χ1) is 9.63. The van der Waals surface area contributed by atoms with Gasteiger partial charge in [0.15, 0.2) is 0 Å². The van der Waals surface area contributed by atoms with E-state index in [9.17, 15) is 4.79 Å². The summed E-state index contributed by atoms with van der Waals surface area (Å²) in [5.41, 5.74) is 9.63. The number of amides is 1. The Morgan fingerprint density at radius 1 is 1.45 bits per heavy atom. The van der Waals surface area contributed by atoms with Gasteiger partial charge >= 0.3 is 0 Å². The summed E-state index contributed by atoms with van der Waals surface area (Å²) in [5.74, 6) is 0.0563. The molecular weight excluding hydrogens is 254 g/mol. The van der Waals surface area contributed by atoms with Crippen molar-refractivity contribution in [1.82, 2.24) is 0 Å². The van der Waals surface area contributed by atoms with Crippen molar-refractivity contribution in [3.05, 3.63) is 17.7 Å². The van der Waals surface area contributed by atoms with Gasteiger partial charge in [0.25, 0.3) is 0 Å². The number of carbonyl (C=O) groups excluding carboxylic acids is 1. The Morgan fingerprint density at radius 3 is 2.95 bits per heavy atom. The molecule has 5 nitrogen and oxygen atoms in total. The molecule has 0 bridgehead atoms. The van der Waals surface area contributed by atoms with Crippen LogP contribution in [-0.2, 0) is 16.0 Å². The van der Waals surface area contributed by atoms with Crippen molar-refractivity contribution >= 4 is 23.0 Å². The first kappa shape index (κ1) is 14.7. The zero-order valence-electron chi connectivity index (χ0n) is 12.2. The highest BCUT2D eigenvalue weighted by molar-refractivity contribution is 5.95. The Hall–Kier alpha value is -1.75. The van der Waals surface area contributed by atoms with Gasteiger partial charge in [0.05, 0.1) is 18.0 Å². The lowest BCUT2D eigenvalue weighted by Gasteiger charge is -2.23. The molecule has 1 aliphatic heterocycles. The fourth-order valence-electron chi connectivity index (χ4n) is 2.54. The summed E-state index contributed by atoms with van der Waals surface area (Å²) < 4.78 is 5.23. The van der Waals surface area contributed by atoms with Gasteiger partial charge in [-0.3, -0.25) is 4.79 Å². The second kappa shape index (κ2) is 6.61. The van der Waals surface area contributed by atoms with E-state index in [4.69, 9.17) is 10.5 Å². The molecule has 2 rings (SSSR count). The van der Waals surface area contributed by atoms with Gasteiger partial charge in [-0.15, -0.1) is 0 Å². The zero-order valence-corrected chi connectivity index (χ0v) is 12.2. The van der Waals surface area contributed by atoms with E-state index in [0.29, 0.717) is 18.7 Å². The minimum atomic E-state index is 0.0563. The van der Waals surface area contributed by atoms with Gasteiger partial charge < -0.3 is 21.1 Å². The number of hydrogen-bond donors (Lipinski definition) is 3. The van der Waals surface area contributed by atoms with Gasteiger partial charge in [0.1, 0.15) is 0 Å². The molecule has 5 heteroatoms. The van der Waals surface area contributed by atoms with Crippen LogP contribution in [0, 0.1) is 0 Å². The number of anilines is 3. The lowest BCUT2D eigenvalue weighted by atomic mass is 10.0. The van der Waals surface area contributed by atoms with Gasteiger partial charge in [0.2, 0.25) is 5.91 Å². The molecule has 0 fully saturated rings. The van der Waals surface area contributed by atoms with Crippen LogP contribution in [0.4, 0.5) is 17.1 Å². The summed E-state index contributed by atoms with van der Waals surface area (Å²) in [4.78, 5) is 11.4. The monoisotopic (exact) mass is 277 g/mol. The van der Waals surface area contributed by atoms with E-state index in [-0.39, 0.29) is 11.9 Å². The van der Waals surface area contributed by atoms with Crippen molar-refractivity contribution < 1.29 is 9.53 Å². The molecule has 0 saturated carbocycles. The molecule has 4 N–H and O–H groups in total. The molecule has 0 spiro atoms. The predicted molar refractivity (Wildman–Crippen MR) is 82.0 cm³/mol. The summed E-state index contributed by atoms with van der Waals surface area (Å²) in [7, 11) is 1.70. The Bertz CT molecular complexity index is 482. The lowest BCUT2D eigenvalue weighted by Crippen LogP contribution is -2.26. The van der Waals surface area contributed by atoms with E-state index in [0.717, 1.165) is 36.2 Å². The summed E-state index contributed by atoms with van der Waals surface area (Å²) in [6, 6.07) is 4.14. The minimum absolute atomic E-state index is 0.0563. The van der Waals surface area contributed by atoms with Gasteiger partial charge in [-0.1, -0.05) is 13.3 Å².